The first-order valence-corrected chi connectivity index (χ1v) is 10.9. The molecule has 0 saturated heterocycles. The lowest BCUT2D eigenvalue weighted by Crippen LogP contribution is -2.22. The van der Waals surface area contributed by atoms with E-state index in [1.54, 1.807) is 6.92 Å². The molecule has 5 nitrogen and oxygen atoms in total. The number of rotatable bonds is 9. The van der Waals surface area contributed by atoms with Crippen LogP contribution in [0.25, 0.3) is 0 Å². The van der Waals surface area contributed by atoms with Crippen molar-refractivity contribution in [1.29, 1.82) is 0 Å². The average molecular weight is 422 g/mol. The number of aliphatic hydroxyl groups excluding tert-OH is 1. The summed E-state index contributed by atoms with van der Waals surface area (Å²) in [4.78, 5) is 17.3. The molecule has 0 aromatic heterocycles. The number of ether oxygens (including phenoxy) is 2. The van der Waals surface area contributed by atoms with Gasteiger partial charge in [0.1, 0.15) is 5.76 Å². The first-order chi connectivity index (χ1) is 15.0. The number of hydrogen-bond donors (Lipinski definition) is 1. The van der Waals surface area contributed by atoms with E-state index in [0.717, 1.165) is 22.6 Å². The molecule has 0 heterocycles. The number of aliphatic imine (C=N–C) groups is 1. The molecule has 0 radical (unpaired) electrons. The standard InChI is InChI=1S/C26H31NO4/c1-4-30-24-12-11-19(15-25(24)31-5-2)13-14-27-18(3)26-22(28)16-21(17-23(26)29)20-9-7-6-8-10-20/h6-12,15,21,28H,4-5,13-14,16-17H2,1-3H3. The van der Waals surface area contributed by atoms with Gasteiger partial charge >= 0.3 is 0 Å². The van der Waals surface area contributed by atoms with Gasteiger partial charge in [-0.05, 0) is 56.4 Å². The molecule has 1 unspecified atom stereocenters. The Morgan fingerprint density at radius 2 is 1.74 bits per heavy atom. The summed E-state index contributed by atoms with van der Waals surface area (Å²) >= 11 is 0. The lowest BCUT2D eigenvalue weighted by molar-refractivity contribution is -0.116. The summed E-state index contributed by atoms with van der Waals surface area (Å²) in [7, 11) is 0. The summed E-state index contributed by atoms with van der Waals surface area (Å²) in [5.41, 5.74) is 3.15. The normalized spacial score (nSPS) is 17.1. The Bertz CT molecular complexity index is 963. The van der Waals surface area contributed by atoms with E-state index in [4.69, 9.17) is 9.47 Å². The second-order valence-corrected chi connectivity index (χ2v) is 7.62. The summed E-state index contributed by atoms with van der Waals surface area (Å²) in [5.74, 6) is 1.59. The monoisotopic (exact) mass is 421 g/mol. The Kier molecular flexibility index (Phi) is 7.88. The highest BCUT2D eigenvalue weighted by Gasteiger charge is 2.29. The number of carbonyl (C=O) groups is 1. The number of benzene rings is 2. The average Bonchev–Trinajstić information content (AvgIpc) is 2.76. The summed E-state index contributed by atoms with van der Waals surface area (Å²) < 4.78 is 11.3. The Morgan fingerprint density at radius 3 is 2.42 bits per heavy atom. The van der Waals surface area contributed by atoms with Crippen LogP contribution in [0.5, 0.6) is 11.5 Å². The first kappa shape index (κ1) is 22.6. The van der Waals surface area contributed by atoms with Crippen molar-refractivity contribution < 1.29 is 19.4 Å². The van der Waals surface area contributed by atoms with Crippen LogP contribution in [0.15, 0.2) is 64.9 Å². The third-order valence-corrected chi connectivity index (χ3v) is 5.43. The number of ketones is 1. The zero-order chi connectivity index (χ0) is 22.2. The molecule has 1 N–H and O–H groups in total. The molecule has 1 aliphatic rings. The lowest BCUT2D eigenvalue weighted by atomic mass is 9.81. The number of aliphatic hydroxyl groups is 1. The van der Waals surface area contributed by atoms with Crippen molar-refractivity contribution >= 4 is 11.5 Å². The molecule has 0 fully saturated rings. The van der Waals surface area contributed by atoms with Gasteiger partial charge in [-0.2, -0.15) is 0 Å². The predicted octanol–water partition coefficient (Wildman–Crippen LogP) is 5.45. The van der Waals surface area contributed by atoms with E-state index in [0.29, 0.717) is 50.3 Å². The molecule has 0 bridgehead atoms. The van der Waals surface area contributed by atoms with Gasteiger partial charge in [0.2, 0.25) is 0 Å². The lowest BCUT2D eigenvalue weighted by Gasteiger charge is -2.23. The zero-order valence-electron chi connectivity index (χ0n) is 18.6. The van der Waals surface area contributed by atoms with Crippen molar-refractivity contribution in [2.24, 2.45) is 4.99 Å². The van der Waals surface area contributed by atoms with Crippen LogP contribution in [-0.2, 0) is 11.2 Å². The molecule has 1 atom stereocenters. The molecular weight excluding hydrogens is 390 g/mol. The quantitative estimate of drug-likeness (QED) is 0.547. The molecule has 0 aliphatic heterocycles. The molecule has 164 valence electrons. The molecule has 0 saturated carbocycles. The van der Waals surface area contributed by atoms with Gasteiger partial charge in [0.25, 0.3) is 0 Å². The summed E-state index contributed by atoms with van der Waals surface area (Å²) in [6.45, 7) is 7.37. The molecule has 0 spiro atoms. The highest BCUT2D eigenvalue weighted by atomic mass is 16.5. The van der Waals surface area contributed by atoms with Crippen LogP contribution < -0.4 is 9.47 Å². The van der Waals surface area contributed by atoms with Crippen LogP contribution in [-0.4, -0.2) is 36.4 Å². The minimum Gasteiger partial charge on any atom is -0.511 e. The largest absolute Gasteiger partial charge is 0.511 e. The summed E-state index contributed by atoms with van der Waals surface area (Å²) in [6, 6.07) is 15.8. The third kappa shape index (κ3) is 5.75. The number of Topliss-reactive ketones (excluding diaryl/α,β-unsaturated/α-hetero) is 1. The first-order valence-electron chi connectivity index (χ1n) is 10.9. The topological polar surface area (TPSA) is 68.1 Å². The van der Waals surface area contributed by atoms with Gasteiger partial charge in [-0.1, -0.05) is 36.4 Å². The van der Waals surface area contributed by atoms with Gasteiger partial charge in [-0.3, -0.25) is 9.79 Å². The number of nitrogens with zero attached hydrogens (tertiary/aromatic N) is 1. The van der Waals surface area contributed by atoms with E-state index < -0.39 is 0 Å². The SMILES string of the molecule is CCOc1ccc(CCN=C(C)C2=C(O)CC(c3ccccc3)CC2=O)cc1OCC. The van der Waals surface area contributed by atoms with Gasteiger partial charge in [0.05, 0.1) is 18.8 Å². The Morgan fingerprint density at radius 1 is 1.03 bits per heavy atom. The third-order valence-electron chi connectivity index (χ3n) is 5.43. The molecule has 2 aromatic rings. The number of allylic oxidation sites excluding steroid dienone is 2. The van der Waals surface area contributed by atoms with E-state index in [1.807, 2.05) is 62.4 Å². The Labute approximate surface area is 184 Å². The van der Waals surface area contributed by atoms with Gasteiger partial charge in [0, 0.05) is 25.1 Å². The molecule has 3 rings (SSSR count). The van der Waals surface area contributed by atoms with Crippen molar-refractivity contribution in [1.82, 2.24) is 0 Å². The van der Waals surface area contributed by atoms with Crippen LogP contribution in [0.1, 0.15) is 50.7 Å². The molecule has 5 heteroatoms. The van der Waals surface area contributed by atoms with E-state index >= 15 is 0 Å². The van der Waals surface area contributed by atoms with E-state index in [-0.39, 0.29) is 17.5 Å². The van der Waals surface area contributed by atoms with Gasteiger partial charge in [-0.15, -0.1) is 0 Å². The Balaban J connectivity index is 1.67. The van der Waals surface area contributed by atoms with Crippen molar-refractivity contribution in [3.63, 3.8) is 0 Å². The van der Waals surface area contributed by atoms with Gasteiger partial charge in [-0.25, -0.2) is 0 Å². The maximum atomic E-state index is 12.7. The fourth-order valence-corrected chi connectivity index (χ4v) is 3.95. The van der Waals surface area contributed by atoms with Crippen molar-refractivity contribution in [2.45, 2.75) is 46.0 Å². The minimum atomic E-state index is -0.0430. The minimum absolute atomic E-state index is 0.0195. The highest BCUT2D eigenvalue weighted by Crippen LogP contribution is 2.34. The van der Waals surface area contributed by atoms with Crippen molar-refractivity contribution in [3.05, 3.63) is 71.0 Å². The van der Waals surface area contributed by atoms with Crippen molar-refractivity contribution in [3.8, 4) is 11.5 Å². The smallest absolute Gasteiger partial charge is 0.168 e. The molecule has 31 heavy (non-hydrogen) atoms. The predicted molar refractivity (Wildman–Crippen MR) is 124 cm³/mol. The summed E-state index contributed by atoms with van der Waals surface area (Å²) in [5, 5.41) is 10.6. The van der Waals surface area contributed by atoms with Crippen LogP contribution in [0.4, 0.5) is 0 Å². The Hall–Kier alpha value is -3.08. The fraction of sp³-hybridized carbons (Fsp3) is 0.385. The van der Waals surface area contributed by atoms with Crippen LogP contribution >= 0.6 is 0 Å². The maximum absolute atomic E-state index is 12.7. The molecule has 1 aliphatic carbocycles. The number of hydrogen-bond acceptors (Lipinski definition) is 5. The molecule has 0 amide bonds. The second-order valence-electron chi connectivity index (χ2n) is 7.62. The van der Waals surface area contributed by atoms with Crippen LogP contribution in [0, 0.1) is 0 Å². The maximum Gasteiger partial charge on any atom is 0.168 e. The highest BCUT2D eigenvalue weighted by molar-refractivity contribution is 6.22. The zero-order valence-corrected chi connectivity index (χ0v) is 18.6. The van der Waals surface area contributed by atoms with E-state index in [2.05, 4.69) is 4.99 Å². The fourth-order valence-electron chi connectivity index (χ4n) is 3.95. The number of carbonyl (C=O) groups excluding carboxylic acids is 1. The van der Waals surface area contributed by atoms with Gasteiger partial charge < -0.3 is 14.6 Å². The molecule has 2 aromatic carbocycles. The van der Waals surface area contributed by atoms with Crippen LogP contribution in [0.2, 0.25) is 0 Å². The van der Waals surface area contributed by atoms with E-state index in [9.17, 15) is 9.90 Å². The van der Waals surface area contributed by atoms with Crippen molar-refractivity contribution in [2.75, 3.05) is 19.8 Å². The molecular formula is C26H31NO4. The summed E-state index contributed by atoms with van der Waals surface area (Å²) in [6.07, 6.45) is 1.57. The van der Waals surface area contributed by atoms with E-state index in [1.165, 1.54) is 0 Å². The van der Waals surface area contributed by atoms with Gasteiger partial charge in [0.15, 0.2) is 17.3 Å². The van der Waals surface area contributed by atoms with Crippen LogP contribution in [0.3, 0.4) is 0 Å². The second kappa shape index (κ2) is 10.8.